The molecule has 90 valence electrons. The normalized spacial score (nSPS) is 28.5. The van der Waals surface area contributed by atoms with Gasteiger partial charge in [0.05, 0.1) is 6.04 Å². The van der Waals surface area contributed by atoms with Crippen LogP contribution in [-0.2, 0) is 0 Å². The molecule has 1 aromatic carbocycles. The van der Waals surface area contributed by atoms with E-state index in [0.717, 1.165) is 24.5 Å². The van der Waals surface area contributed by atoms with Gasteiger partial charge in [-0.05, 0) is 24.7 Å². The molecule has 2 atom stereocenters. The second kappa shape index (κ2) is 4.31. The van der Waals surface area contributed by atoms with Crippen molar-refractivity contribution in [2.45, 2.75) is 12.5 Å². The molecule has 0 spiro atoms. The highest BCUT2D eigenvalue weighted by Crippen LogP contribution is 2.32. The zero-order chi connectivity index (χ0) is 11.8. The highest BCUT2D eigenvalue weighted by molar-refractivity contribution is 6.30. The first kappa shape index (κ1) is 11.1. The van der Waals surface area contributed by atoms with Crippen LogP contribution in [0.2, 0.25) is 5.02 Å². The SMILES string of the molecule is CN1CCC2=NNC(c3ccc(Cl)cc3)C2C1. The molecular weight excluding hydrogens is 234 g/mol. The Morgan fingerprint density at radius 3 is 2.88 bits per heavy atom. The number of halogens is 1. The summed E-state index contributed by atoms with van der Waals surface area (Å²) < 4.78 is 0. The van der Waals surface area contributed by atoms with Crippen molar-refractivity contribution in [3.63, 3.8) is 0 Å². The number of hydrogen-bond acceptors (Lipinski definition) is 3. The number of benzene rings is 1. The summed E-state index contributed by atoms with van der Waals surface area (Å²) in [7, 11) is 2.17. The third kappa shape index (κ3) is 2.05. The molecule has 1 fully saturated rings. The van der Waals surface area contributed by atoms with Crippen LogP contribution in [0, 0.1) is 5.92 Å². The van der Waals surface area contributed by atoms with Crippen LogP contribution in [-0.4, -0.2) is 30.7 Å². The molecule has 2 unspecified atom stereocenters. The number of likely N-dealkylation sites (tertiary alicyclic amines) is 1. The van der Waals surface area contributed by atoms with Crippen LogP contribution < -0.4 is 5.43 Å². The van der Waals surface area contributed by atoms with Gasteiger partial charge < -0.3 is 10.3 Å². The zero-order valence-electron chi connectivity index (χ0n) is 9.86. The van der Waals surface area contributed by atoms with Crippen molar-refractivity contribution >= 4 is 17.3 Å². The highest BCUT2D eigenvalue weighted by Gasteiger charge is 2.35. The summed E-state index contributed by atoms with van der Waals surface area (Å²) in [4.78, 5) is 2.37. The highest BCUT2D eigenvalue weighted by atomic mass is 35.5. The lowest BCUT2D eigenvalue weighted by molar-refractivity contribution is 0.272. The molecule has 0 amide bonds. The van der Waals surface area contributed by atoms with Gasteiger partial charge in [-0.3, -0.25) is 0 Å². The van der Waals surface area contributed by atoms with Crippen LogP contribution in [0.5, 0.6) is 0 Å². The summed E-state index contributed by atoms with van der Waals surface area (Å²) in [5.74, 6) is 0.509. The van der Waals surface area contributed by atoms with E-state index >= 15 is 0 Å². The molecule has 2 aliphatic heterocycles. The summed E-state index contributed by atoms with van der Waals surface area (Å²) in [6, 6.07) is 8.39. The Bertz CT molecular complexity index is 440. The maximum absolute atomic E-state index is 5.92. The van der Waals surface area contributed by atoms with E-state index in [9.17, 15) is 0 Å². The Labute approximate surface area is 106 Å². The van der Waals surface area contributed by atoms with Gasteiger partial charge in [-0.2, -0.15) is 5.10 Å². The smallest absolute Gasteiger partial charge is 0.0782 e. The lowest BCUT2D eigenvalue weighted by Crippen LogP contribution is -2.39. The summed E-state index contributed by atoms with van der Waals surface area (Å²) in [5.41, 5.74) is 5.87. The molecule has 0 aliphatic carbocycles. The minimum atomic E-state index is 0.310. The number of piperidine rings is 1. The van der Waals surface area contributed by atoms with E-state index < -0.39 is 0 Å². The van der Waals surface area contributed by atoms with Crippen LogP contribution in [0.15, 0.2) is 29.4 Å². The molecule has 0 bridgehead atoms. The van der Waals surface area contributed by atoms with Crippen molar-refractivity contribution in [1.29, 1.82) is 0 Å². The van der Waals surface area contributed by atoms with E-state index in [0.29, 0.717) is 12.0 Å². The van der Waals surface area contributed by atoms with Crippen molar-refractivity contribution in [3.8, 4) is 0 Å². The molecule has 0 aromatic heterocycles. The molecular formula is C13H16ClN3. The number of fused-ring (bicyclic) bond motifs is 1. The van der Waals surface area contributed by atoms with E-state index in [4.69, 9.17) is 11.6 Å². The second-order valence-corrected chi connectivity index (χ2v) is 5.32. The van der Waals surface area contributed by atoms with Crippen LogP contribution in [0.3, 0.4) is 0 Å². The third-order valence-corrected chi connectivity index (χ3v) is 3.92. The molecule has 3 nitrogen and oxygen atoms in total. The molecule has 1 aromatic rings. The van der Waals surface area contributed by atoms with Crippen LogP contribution in [0.1, 0.15) is 18.0 Å². The van der Waals surface area contributed by atoms with E-state index in [-0.39, 0.29) is 0 Å². The number of hydrazone groups is 1. The zero-order valence-corrected chi connectivity index (χ0v) is 10.6. The summed E-state index contributed by atoms with van der Waals surface area (Å²) in [5, 5.41) is 5.27. The van der Waals surface area contributed by atoms with Gasteiger partial charge >= 0.3 is 0 Å². The van der Waals surface area contributed by atoms with Crippen molar-refractivity contribution in [2.75, 3.05) is 20.1 Å². The number of rotatable bonds is 1. The topological polar surface area (TPSA) is 27.6 Å². The van der Waals surface area contributed by atoms with Gasteiger partial charge in [0.15, 0.2) is 0 Å². The van der Waals surface area contributed by atoms with Crippen molar-refractivity contribution < 1.29 is 0 Å². The predicted molar refractivity (Wildman–Crippen MR) is 70.4 cm³/mol. The number of nitrogens with zero attached hydrogens (tertiary/aromatic N) is 2. The molecule has 4 heteroatoms. The van der Waals surface area contributed by atoms with Crippen molar-refractivity contribution in [2.24, 2.45) is 11.0 Å². The molecule has 3 rings (SSSR count). The van der Waals surface area contributed by atoms with Gasteiger partial charge in [0, 0.05) is 36.2 Å². The monoisotopic (exact) mass is 249 g/mol. The fraction of sp³-hybridized carbons (Fsp3) is 0.462. The van der Waals surface area contributed by atoms with Gasteiger partial charge in [0.2, 0.25) is 0 Å². The Balaban J connectivity index is 1.83. The molecule has 1 saturated heterocycles. The minimum absolute atomic E-state index is 0.310. The lowest BCUT2D eigenvalue weighted by atomic mass is 9.87. The molecule has 2 heterocycles. The molecule has 0 saturated carbocycles. The Morgan fingerprint density at radius 2 is 2.12 bits per heavy atom. The van der Waals surface area contributed by atoms with E-state index in [1.807, 2.05) is 12.1 Å². The van der Waals surface area contributed by atoms with Crippen LogP contribution in [0.4, 0.5) is 0 Å². The fourth-order valence-electron chi connectivity index (χ4n) is 2.68. The molecule has 1 N–H and O–H groups in total. The van der Waals surface area contributed by atoms with E-state index in [1.165, 1.54) is 11.3 Å². The maximum Gasteiger partial charge on any atom is 0.0782 e. The number of nitrogens with one attached hydrogen (secondary N) is 1. The first-order valence-electron chi connectivity index (χ1n) is 6.00. The summed E-state index contributed by atoms with van der Waals surface area (Å²) >= 11 is 5.92. The quantitative estimate of drug-likeness (QED) is 0.827. The van der Waals surface area contributed by atoms with Gasteiger partial charge in [0.25, 0.3) is 0 Å². The fourth-order valence-corrected chi connectivity index (χ4v) is 2.81. The predicted octanol–water partition coefficient (Wildman–Crippen LogP) is 2.29. The van der Waals surface area contributed by atoms with Crippen molar-refractivity contribution in [3.05, 3.63) is 34.9 Å². The number of hydrogen-bond donors (Lipinski definition) is 1. The standard InChI is InChI=1S/C13H16ClN3/c1-17-7-6-12-11(8-17)13(16-15-12)9-2-4-10(14)5-3-9/h2-5,11,13,16H,6-8H2,1H3. The molecule has 17 heavy (non-hydrogen) atoms. The third-order valence-electron chi connectivity index (χ3n) is 3.66. The van der Waals surface area contributed by atoms with Gasteiger partial charge in [-0.15, -0.1) is 0 Å². The van der Waals surface area contributed by atoms with Crippen molar-refractivity contribution in [1.82, 2.24) is 10.3 Å². The van der Waals surface area contributed by atoms with E-state index in [1.54, 1.807) is 0 Å². The summed E-state index contributed by atoms with van der Waals surface area (Å²) in [6.45, 7) is 2.20. The largest absolute Gasteiger partial charge is 0.305 e. The van der Waals surface area contributed by atoms with Gasteiger partial charge in [-0.1, -0.05) is 23.7 Å². The van der Waals surface area contributed by atoms with E-state index in [2.05, 4.69) is 34.6 Å². The van der Waals surface area contributed by atoms with Gasteiger partial charge in [0.1, 0.15) is 0 Å². The van der Waals surface area contributed by atoms with Crippen LogP contribution in [0.25, 0.3) is 0 Å². The Hall–Kier alpha value is -1.06. The molecule has 2 aliphatic rings. The lowest BCUT2D eigenvalue weighted by Gasteiger charge is -2.30. The Kier molecular flexibility index (Phi) is 2.81. The van der Waals surface area contributed by atoms with Crippen LogP contribution >= 0.6 is 11.6 Å². The first-order chi connectivity index (χ1) is 8.24. The summed E-state index contributed by atoms with van der Waals surface area (Å²) in [6.07, 6.45) is 1.08. The molecule has 0 radical (unpaired) electrons. The Morgan fingerprint density at radius 1 is 1.35 bits per heavy atom. The average molecular weight is 250 g/mol. The second-order valence-electron chi connectivity index (χ2n) is 4.88. The minimum Gasteiger partial charge on any atom is -0.305 e. The maximum atomic E-state index is 5.92. The first-order valence-corrected chi connectivity index (χ1v) is 6.38. The average Bonchev–Trinajstić information content (AvgIpc) is 2.73. The van der Waals surface area contributed by atoms with Gasteiger partial charge in [-0.25, -0.2) is 0 Å².